The summed E-state index contributed by atoms with van der Waals surface area (Å²) >= 11 is 0. The average molecular weight is 464 g/mol. The average Bonchev–Trinajstić information content (AvgIpc) is 3.58. The van der Waals surface area contributed by atoms with Gasteiger partial charge in [-0.1, -0.05) is 5.16 Å². The van der Waals surface area contributed by atoms with Crippen LogP contribution < -0.4 is 5.32 Å². The molecule has 1 saturated heterocycles. The highest BCUT2D eigenvalue weighted by Gasteiger charge is 2.26. The van der Waals surface area contributed by atoms with E-state index in [1.54, 1.807) is 12.4 Å². The number of aromatic nitrogens is 8. The highest BCUT2D eigenvalue weighted by atomic mass is 16.5. The Morgan fingerprint density at radius 1 is 1.24 bits per heavy atom. The lowest BCUT2D eigenvalue weighted by atomic mass is 10.1. The van der Waals surface area contributed by atoms with Crippen LogP contribution in [0.4, 0.5) is 5.69 Å². The number of rotatable bonds is 6. The second kappa shape index (κ2) is 8.50. The summed E-state index contributed by atoms with van der Waals surface area (Å²) in [6.45, 7) is 4.02. The van der Waals surface area contributed by atoms with Crippen molar-refractivity contribution in [3.63, 3.8) is 0 Å². The van der Waals surface area contributed by atoms with Gasteiger partial charge in [-0.3, -0.25) is 4.79 Å². The van der Waals surface area contributed by atoms with Crippen LogP contribution in [0, 0.1) is 0 Å². The van der Waals surface area contributed by atoms with Crippen LogP contribution in [0.1, 0.15) is 50.1 Å². The number of anilines is 1. The highest BCUT2D eigenvalue weighted by Crippen LogP contribution is 2.34. The molecular weight excluding hydrogens is 438 g/mol. The van der Waals surface area contributed by atoms with Crippen LogP contribution in [0.2, 0.25) is 0 Å². The number of pyridine rings is 1. The first-order valence-corrected chi connectivity index (χ1v) is 11.7. The van der Waals surface area contributed by atoms with E-state index in [2.05, 4.69) is 40.3 Å². The molecule has 0 amide bonds. The van der Waals surface area contributed by atoms with E-state index in [1.807, 2.05) is 11.6 Å². The van der Waals surface area contributed by atoms with Gasteiger partial charge in [0.05, 0.1) is 42.3 Å². The molecule has 1 fully saturated rings. The summed E-state index contributed by atoms with van der Waals surface area (Å²) in [5.74, 6) is 2.54. The molecule has 6 rings (SSSR count). The van der Waals surface area contributed by atoms with Gasteiger partial charge in [0.1, 0.15) is 11.6 Å². The Bertz CT molecular complexity index is 1360. The summed E-state index contributed by atoms with van der Waals surface area (Å²) in [6, 6.07) is -0.0690. The van der Waals surface area contributed by atoms with E-state index < -0.39 is 0 Å². The van der Waals surface area contributed by atoms with Crippen molar-refractivity contribution >= 4 is 22.7 Å². The molecule has 12 nitrogen and oxygen atoms in total. The van der Waals surface area contributed by atoms with Gasteiger partial charge in [0.15, 0.2) is 11.5 Å². The Labute approximate surface area is 194 Å². The number of aryl methyl sites for hydroxylation is 2. The second-order valence-corrected chi connectivity index (χ2v) is 8.63. The zero-order valence-corrected chi connectivity index (χ0v) is 18.9. The minimum absolute atomic E-state index is 0.0690. The van der Waals surface area contributed by atoms with E-state index >= 15 is 0 Å². The molecule has 4 aromatic rings. The molecule has 4 aromatic heterocycles. The maximum absolute atomic E-state index is 11.8. The lowest BCUT2D eigenvalue weighted by molar-refractivity contribution is -0.147. The first-order valence-electron chi connectivity index (χ1n) is 11.7. The third kappa shape index (κ3) is 3.68. The highest BCUT2D eigenvalue weighted by molar-refractivity contribution is 5.96. The number of hydrogen-bond acceptors (Lipinski definition) is 10. The largest absolute Gasteiger partial charge is 0.466 e. The maximum Gasteiger partial charge on any atom is 0.307 e. The molecule has 2 aliphatic heterocycles. The van der Waals surface area contributed by atoms with E-state index in [0.29, 0.717) is 43.3 Å². The standard InChI is InChI=1S/C22H25N9O3/c1-2-31-21-14(12-24-31)20(25-13-6-8-33-19(32)9-13)15(11-23-21)22-26-16(29-34-22)10-18-28-27-17-5-3-4-7-30(17)18/h11-13H,2-10H2,1H3,(H,23,25). The van der Waals surface area contributed by atoms with Crippen molar-refractivity contribution in [3.05, 3.63) is 29.9 Å². The predicted molar refractivity (Wildman–Crippen MR) is 120 cm³/mol. The summed E-state index contributed by atoms with van der Waals surface area (Å²) < 4.78 is 14.7. The molecule has 1 unspecified atom stereocenters. The minimum atomic E-state index is -0.212. The zero-order chi connectivity index (χ0) is 23.1. The van der Waals surface area contributed by atoms with Gasteiger partial charge in [-0.05, 0) is 19.8 Å². The van der Waals surface area contributed by atoms with Gasteiger partial charge >= 0.3 is 5.97 Å². The molecule has 2 aliphatic rings. The van der Waals surface area contributed by atoms with Gasteiger partial charge in [0.25, 0.3) is 5.89 Å². The molecule has 176 valence electrons. The zero-order valence-electron chi connectivity index (χ0n) is 18.9. The van der Waals surface area contributed by atoms with Gasteiger partial charge in [-0.2, -0.15) is 10.1 Å². The number of ether oxygens (including phenoxy) is 1. The minimum Gasteiger partial charge on any atom is -0.466 e. The van der Waals surface area contributed by atoms with Crippen LogP contribution in [0.5, 0.6) is 0 Å². The van der Waals surface area contributed by atoms with Crippen LogP contribution in [-0.4, -0.2) is 58.3 Å². The number of fused-ring (bicyclic) bond motifs is 2. The topological polar surface area (TPSA) is 139 Å². The van der Waals surface area contributed by atoms with Gasteiger partial charge in [-0.25, -0.2) is 9.67 Å². The first-order chi connectivity index (χ1) is 16.7. The van der Waals surface area contributed by atoms with E-state index in [4.69, 9.17) is 9.26 Å². The fourth-order valence-corrected chi connectivity index (χ4v) is 4.66. The van der Waals surface area contributed by atoms with Crippen molar-refractivity contribution in [2.45, 2.75) is 64.6 Å². The Kier molecular flexibility index (Phi) is 5.19. The van der Waals surface area contributed by atoms with Gasteiger partial charge in [-0.15, -0.1) is 10.2 Å². The van der Waals surface area contributed by atoms with Crippen LogP contribution in [0.3, 0.4) is 0 Å². The SMILES string of the molecule is CCn1ncc2c(NC3CCOC(=O)C3)c(-c3nc(Cc4nnc5n4CCCC5)no3)cnc21. The molecule has 0 saturated carbocycles. The third-order valence-corrected chi connectivity index (χ3v) is 6.41. The predicted octanol–water partition coefficient (Wildman–Crippen LogP) is 2.14. The van der Waals surface area contributed by atoms with E-state index in [0.717, 1.165) is 54.2 Å². The third-order valence-electron chi connectivity index (χ3n) is 6.41. The number of nitrogens with one attached hydrogen (secondary N) is 1. The van der Waals surface area contributed by atoms with Gasteiger partial charge in [0.2, 0.25) is 0 Å². The molecule has 0 spiro atoms. The second-order valence-electron chi connectivity index (χ2n) is 8.63. The van der Waals surface area contributed by atoms with Crippen molar-refractivity contribution in [1.82, 2.24) is 39.7 Å². The monoisotopic (exact) mass is 463 g/mol. The van der Waals surface area contributed by atoms with Gasteiger partial charge < -0.3 is 19.1 Å². The molecule has 0 aliphatic carbocycles. The molecule has 6 heterocycles. The van der Waals surface area contributed by atoms with E-state index in [1.165, 1.54) is 0 Å². The molecule has 0 radical (unpaired) electrons. The van der Waals surface area contributed by atoms with Crippen LogP contribution in [0.15, 0.2) is 16.9 Å². The summed E-state index contributed by atoms with van der Waals surface area (Å²) in [7, 11) is 0. The molecule has 0 bridgehead atoms. The fourth-order valence-electron chi connectivity index (χ4n) is 4.66. The molecule has 12 heteroatoms. The van der Waals surface area contributed by atoms with Crippen LogP contribution >= 0.6 is 0 Å². The van der Waals surface area contributed by atoms with E-state index in [9.17, 15) is 4.79 Å². The number of hydrogen-bond donors (Lipinski definition) is 1. The number of nitrogens with zero attached hydrogens (tertiary/aromatic N) is 8. The fraction of sp³-hybridized carbons (Fsp3) is 0.500. The first kappa shape index (κ1) is 20.8. The van der Waals surface area contributed by atoms with Crippen molar-refractivity contribution < 1.29 is 14.1 Å². The number of carbonyl (C=O) groups excluding carboxylic acids is 1. The molecule has 0 aromatic carbocycles. The number of cyclic esters (lactones) is 1. The van der Waals surface area contributed by atoms with Gasteiger partial charge in [0, 0.05) is 38.2 Å². The smallest absolute Gasteiger partial charge is 0.307 e. The molecule has 1 atom stereocenters. The summed E-state index contributed by atoms with van der Waals surface area (Å²) in [5, 5.41) is 21.6. The Morgan fingerprint density at radius 2 is 2.18 bits per heavy atom. The lowest BCUT2D eigenvalue weighted by Crippen LogP contribution is -2.31. The summed E-state index contributed by atoms with van der Waals surface area (Å²) in [4.78, 5) is 21.1. The van der Waals surface area contributed by atoms with Crippen LogP contribution in [0.25, 0.3) is 22.5 Å². The summed E-state index contributed by atoms with van der Waals surface area (Å²) in [6.07, 6.45) is 8.15. The van der Waals surface area contributed by atoms with Crippen molar-refractivity contribution in [3.8, 4) is 11.5 Å². The molecule has 34 heavy (non-hydrogen) atoms. The number of carbonyl (C=O) groups is 1. The van der Waals surface area contributed by atoms with Crippen molar-refractivity contribution in [2.24, 2.45) is 0 Å². The molecule has 1 N–H and O–H groups in total. The van der Waals surface area contributed by atoms with E-state index in [-0.39, 0.29) is 18.4 Å². The normalized spacial score (nSPS) is 18.1. The Morgan fingerprint density at radius 3 is 3.06 bits per heavy atom. The van der Waals surface area contributed by atoms with Crippen molar-refractivity contribution in [2.75, 3.05) is 11.9 Å². The quantitative estimate of drug-likeness (QED) is 0.423. The molecular formula is C22H25N9O3. The summed E-state index contributed by atoms with van der Waals surface area (Å²) in [5.41, 5.74) is 2.20. The van der Waals surface area contributed by atoms with Crippen LogP contribution in [-0.2, 0) is 35.5 Å². The van der Waals surface area contributed by atoms with Crippen molar-refractivity contribution in [1.29, 1.82) is 0 Å². The Balaban J connectivity index is 1.34. The maximum atomic E-state index is 11.8. The lowest BCUT2D eigenvalue weighted by Gasteiger charge is -2.24. The number of esters is 1. The Hall–Kier alpha value is -3.83.